The average molecular weight is 500 g/mol. The third kappa shape index (κ3) is 5.07. The average Bonchev–Trinajstić information content (AvgIpc) is 3.16. The lowest BCUT2D eigenvalue weighted by Crippen LogP contribution is -2.24. The van der Waals surface area contributed by atoms with E-state index in [-0.39, 0.29) is 17.2 Å². The molecule has 0 saturated heterocycles. The minimum Gasteiger partial charge on any atom is -0.487 e. The molecule has 0 saturated carbocycles. The number of carbonyl (C=O) groups is 1. The molecule has 0 spiro atoms. The number of rotatable bonds is 5. The van der Waals surface area contributed by atoms with Gasteiger partial charge in [0.2, 0.25) is 0 Å². The van der Waals surface area contributed by atoms with Gasteiger partial charge in [-0.15, -0.1) is 11.3 Å². The summed E-state index contributed by atoms with van der Waals surface area (Å²) >= 11 is 2.26. The summed E-state index contributed by atoms with van der Waals surface area (Å²) in [5.74, 6) is -2.13. The fourth-order valence-electron chi connectivity index (χ4n) is 3.33. The minimum atomic E-state index is -4.72. The van der Waals surface area contributed by atoms with Crippen LogP contribution in [0.2, 0.25) is 0 Å². The zero-order chi connectivity index (χ0) is 23.8. The molecule has 0 unspecified atom stereocenters. The van der Waals surface area contributed by atoms with E-state index in [4.69, 9.17) is 4.74 Å². The summed E-state index contributed by atoms with van der Waals surface area (Å²) in [6.07, 6.45) is -4.72. The van der Waals surface area contributed by atoms with Crippen molar-refractivity contribution in [1.29, 1.82) is 0 Å². The number of anilines is 2. The van der Waals surface area contributed by atoms with Gasteiger partial charge in [-0.2, -0.15) is 13.2 Å². The topological polar surface area (TPSA) is 65.9 Å². The fourth-order valence-corrected chi connectivity index (χ4v) is 4.92. The van der Waals surface area contributed by atoms with Crippen LogP contribution in [0.1, 0.15) is 20.9 Å². The van der Waals surface area contributed by atoms with Crippen molar-refractivity contribution < 1.29 is 32.2 Å². The predicted octanol–water partition coefficient (Wildman–Crippen LogP) is 5.67. The van der Waals surface area contributed by atoms with Gasteiger partial charge in [0.1, 0.15) is 18.2 Å². The van der Waals surface area contributed by atoms with E-state index in [2.05, 4.69) is 4.98 Å². The van der Waals surface area contributed by atoms with E-state index in [9.17, 15) is 27.5 Å². The smallest absolute Gasteiger partial charge is 0.420 e. The Morgan fingerprint density at radius 1 is 1.21 bits per heavy atom. The molecule has 0 radical (unpaired) electrons. The molecule has 1 aliphatic heterocycles. The van der Waals surface area contributed by atoms with Crippen molar-refractivity contribution in [3.63, 3.8) is 0 Å². The van der Waals surface area contributed by atoms with Gasteiger partial charge >= 0.3 is 12.1 Å². The van der Waals surface area contributed by atoms with Crippen LogP contribution >= 0.6 is 23.3 Å². The highest BCUT2D eigenvalue weighted by Gasteiger charge is 2.37. The molecule has 0 atom stereocenters. The predicted molar refractivity (Wildman–Crippen MR) is 117 cm³/mol. The quantitative estimate of drug-likeness (QED) is 0.359. The van der Waals surface area contributed by atoms with Crippen molar-refractivity contribution in [3.8, 4) is 5.75 Å². The number of hydrogen-bond acceptors (Lipinski definition) is 7. The number of ether oxygens (including phenoxy) is 1. The van der Waals surface area contributed by atoms with Crippen LogP contribution in [-0.2, 0) is 12.8 Å². The van der Waals surface area contributed by atoms with Crippen LogP contribution in [0, 0.1) is 5.82 Å². The van der Waals surface area contributed by atoms with Crippen LogP contribution < -0.4 is 9.64 Å². The highest BCUT2D eigenvalue weighted by Crippen LogP contribution is 2.46. The Kier molecular flexibility index (Phi) is 6.50. The molecule has 2 aromatic carbocycles. The second-order valence-electron chi connectivity index (χ2n) is 7.10. The number of fused-ring (bicyclic) bond motifs is 1. The lowest BCUT2D eigenvalue weighted by molar-refractivity contribution is -0.139. The molecule has 174 valence electrons. The van der Waals surface area contributed by atoms with Crippen LogP contribution in [0.5, 0.6) is 5.75 Å². The van der Waals surface area contributed by atoms with E-state index in [1.54, 1.807) is 4.90 Å². The molecule has 2 heterocycles. The first-order valence-electron chi connectivity index (χ1n) is 9.59. The normalized spacial score (nSPS) is 14.6. The molecule has 12 heteroatoms. The number of aromatic nitrogens is 1. The third-order valence-corrected chi connectivity index (χ3v) is 6.72. The van der Waals surface area contributed by atoms with Crippen molar-refractivity contribution in [1.82, 2.24) is 9.29 Å². The monoisotopic (exact) mass is 499 g/mol. The van der Waals surface area contributed by atoms with Gasteiger partial charge in [0.05, 0.1) is 26.5 Å². The zero-order valence-corrected chi connectivity index (χ0v) is 18.7. The molecule has 0 amide bonds. The van der Waals surface area contributed by atoms with Crippen LogP contribution in [0.4, 0.5) is 28.9 Å². The maximum Gasteiger partial charge on any atom is 0.420 e. The summed E-state index contributed by atoms with van der Waals surface area (Å²) in [5.41, 5.74) is 0.945. The molecule has 6 nitrogen and oxygen atoms in total. The number of aromatic carboxylic acids is 1. The number of halogens is 4. The molecular weight excluding hydrogens is 482 g/mol. The number of carboxylic acid groups (broad SMARTS) is 1. The summed E-state index contributed by atoms with van der Waals surface area (Å²) in [6.45, 7) is 0.565. The van der Waals surface area contributed by atoms with Gasteiger partial charge in [-0.1, -0.05) is 0 Å². The second-order valence-corrected chi connectivity index (χ2v) is 9.29. The number of alkyl halides is 3. The Hall–Kier alpha value is -2.83. The Morgan fingerprint density at radius 2 is 1.94 bits per heavy atom. The number of nitrogens with zero attached hydrogens (tertiary/aromatic N) is 3. The van der Waals surface area contributed by atoms with Crippen molar-refractivity contribution in [2.45, 2.75) is 17.7 Å². The maximum absolute atomic E-state index is 14.0. The molecule has 0 bridgehead atoms. The zero-order valence-electron chi connectivity index (χ0n) is 17.1. The van der Waals surface area contributed by atoms with E-state index >= 15 is 0 Å². The SMILES string of the molecule is CN1CCN(c2ccc(F)cc2)c2cc(C(F)(F)F)c(OCc3scnc3C(=O)O)cc2S1. The molecule has 0 aliphatic carbocycles. The highest BCUT2D eigenvalue weighted by molar-refractivity contribution is 7.97. The number of thiazole rings is 1. The number of likely N-dealkylation sites (N-methyl/N-ethyl adjacent to an activating group) is 1. The summed E-state index contributed by atoms with van der Waals surface area (Å²) < 4.78 is 62.7. The summed E-state index contributed by atoms with van der Waals surface area (Å²) in [4.78, 5) is 17.4. The molecule has 4 rings (SSSR count). The molecule has 1 aliphatic rings. The van der Waals surface area contributed by atoms with Gasteiger partial charge in [0.25, 0.3) is 0 Å². The highest BCUT2D eigenvalue weighted by atomic mass is 32.2. The summed E-state index contributed by atoms with van der Waals surface area (Å²) in [5, 5.41) is 9.18. The van der Waals surface area contributed by atoms with Crippen LogP contribution in [0.3, 0.4) is 0 Å². The molecule has 0 fully saturated rings. The van der Waals surface area contributed by atoms with Gasteiger partial charge in [-0.3, -0.25) is 0 Å². The number of benzene rings is 2. The van der Waals surface area contributed by atoms with Crippen molar-refractivity contribution in [3.05, 3.63) is 63.9 Å². The van der Waals surface area contributed by atoms with E-state index in [1.807, 2.05) is 11.4 Å². The fraction of sp³-hybridized carbons (Fsp3) is 0.238. The van der Waals surface area contributed by atoms with Crippen molar-refractivity contribution >= 4 is 40.6 Å². The first-order chi connectivity index (χ1) is 15.6. The molecule has 3 aromatic rings. The van der Waals surface area contributed by atoms with E-state index in [1.165, 1.54) is 47.8 Å². The van der Waals surface area contributed by atoms with Crippen LogP contribution in [-0.4, -0.2) is 40.5 Å². The van der Waals surface area contributed by atoms with Gasteiger partial charge in [-0.25, -0.2) is 18.5 Å². The lowest BCUT2D eigenvalue weighted by atomic mass is 10.1. The number of hydrogen-bond donors (Lipinski definition) is 1. The Morgan fingerprint density at radius 3 is 2.61 bits per heavy atom. The second kappa shape index (κ2) is 9.20. The van der Waals surface area contributed by atoms with Crippen LogP contribution in [0.15, 0.2) is 46.8 Å². The van der Waals surface area contributed by atoms with Gasteiger partial charge in [0.15, 0.2) is 5.69 Å². The molecule has 1 N–H and O–H groups in total. The first kappa shape index (κ1) is 23.3. The van der Waals surface area contributed by atoms with Gasteiger partial charge in [0, 0.05) is 18.8 Å². The first-order valence-corrected chi connectivity index (χ1v) is 11.2. The lowest BCUT2D eigenvalue weighted by Gasteiger charge is -2.26. The maximum atomic E-state index is 14.0. The van der Waals surface area contributed by atoms with Gasteiger partial charge in [-0.05, 0) is 55.4 Å². The Bertz CT molecular complexity index is 1170. The van der Waals surface area contributed by atoms with E-state index in [0.29, 0.717) is 29.4 Å². The van der Waals surface area contributed by atoms with E-state index in [0.717, 1.165) is 17.4 Å². The Balaban J connectivity index is 1.76. The largest absolute Gasteiger partial charge is 0.487 e. The minimum absolute atomic E-state index is 0.211. The molecule has 33 heavy (non-hydrogen) atoms. The summed E-state index contributed by atoms with van der Waals surface area (Å²) in [7, 11) is 1.82. The van der Waals surface area contributed by atoms with Gasteiger partial charge < -0.3 is 14.7 Å². The van der Waals surface area contributed by atoms with Crippen molar-refractivity contribution in [2.24, 2.45) is 0 Å². The number of carboxylic acids is 1. The van der Waals surface area contributed by atoms with Crippen LogP contribution in [0.25, 0.3) is 0 Å². The third-order valence-electron chi connectivity index (χ3n) is 4.89. The van der Waals surface area contributed by atoms with E-state index < -0.39 is 29.3 Å². The standard InChI is InChI=1S/C21H17F4N3O3S2/c1-27-6-7-28(13-4-2-12(22)3-5-13)15-8-14(21(23,24)25)16(9-17(15)33-27)31-10-18-19(20(29)30)26-11-32-18/h2-5,8-9,11H,6-7,10H2,1H3,(H,29,30). The summed E-state index contributed by atoms with van der Waals surface area (Å²) in [6, 6.07) is 7.88. The Labute approximate surface area is 194 Å². The molecular formula is C21H17F4N3O3S2. The van der Waals surface area contributed by atoms with Crippen molar-refractivity contribution in [2.75, 3.05) is 25.0 Å². The molecule has 1 aromatic heterocycles.